The summed E-state index contributed by atoms with van der Waals surface area (Å²) in [5.41, 5.74) is 3.56. The van der Waals surface area contributed by atoms with E-state index in [4.69, 9.17) is 0 Å². The fourth-order valence-corrected chi connectivity index (χ4v) is 2.55. The molecule has 2 atom stereocenters. The van der Waals surface area contributed by atoms with Crippen LogP contribution in [-0.4, -0.2) is 36.8 Å². The van der Waals surface area contributed by atoms with Crippen LogP contribution in [0.2, 0.25) is 0 Å². The highest BCUT2D eigenvalue weighted by Gasteiger charge is 2.23. The molecule has 0 amide bonds. The van der Waals surface area contributed by atoms with E-state index in [1.54, 1.807) is 0 Å². The van der Waals surface area contributed by atoms with Crippen molar-refractivity contribution >= 4 is 0 Å². The van der Waals surface area contributed by atoms with Gasteiger partial charge in [-0.15, -0.1) is 0 Å². The van der Waals surface area contributed by atoms with Crippen molar-refractivity contribution in [1.29, 1.82) is 0 Å². The molecule has 1 N–H and O–H groups in total. The Morgan fingerprint density at radius 2 is 1.45 bits per heavy atom. The Morgan fingerprint density at radius 1 is 0.900 bits per heavy atom. The van der Waals surface area contributed by atoms with E-state index in [2.05, 4.69) is 43.3 Å². The Kier molecular flexibility index (Phi) is 4.94. The van der Waals surface area contributed by atoms with Crippen molar-refractivity contribution in [2.45, 2.75) is 18.9 Å². The first-order valence-corrected chi connectivity index (χ1v) is 7.02. The fraction of sp³-hybridized carbons (Fsp3) is 0.333. The minimum atomic E-state index is -0.421. The summed E-state index contributed by atoms with van der Waals surface area (Å²) in [6.45, 7) is 2.73. The maximum Gasteiger partial charge on any atom is 0.0775 e. The van der Waals surface area contributed by atoms with Crippen LogP contribution < -0.4 is 0 Å². The zero-order chi connectivity index (χ0) is 14.5. The first-order valence-electron chi connectivity index (χ1n) is 7.02. The highest BCUT2D eigenvalue weighted by molar-refractivity contribution is 5.35. The van der Waals surface area contributed by atoms with Crippen LogP contribution >= 0.6 is 0 Å². The molecule has 0 radical (unpaired) electrons. The van der Waals surface area contributed by atoms with Crippen LogP contribution in [0.15, 0.2) is 54.6 Å². The molecule has 0 saturated heterocycles. The Labute approximate surface area is 121 Å². The molecule has 2 heteroatoms. The number of aryl methyl sites for hydroxylation is 1. The number of aliphatic hydroxyl groups is 1. The number of hydrogen-bond donors (Lipinski definition) is 1. The summed E-state index contributed by atoms with van der Waals surface area (Å²) in [7, 11) is 3.97. The first kappa shape index (κ1) is 14.8. The molecule has 0 spiro atoms. The predicted molar refractivity (Wildman–Crippen MR) is 84.0 cm³/mol. The third-order valence-corrected chi connectivity index (χ3v) is 3.53. The summed E-state index contributed by atoms with van der Waals surface area (Å²) < 4.78 is 0. The Bertz CT molecular complexity index is 519. The van der Waals surface area contributed by atoms with E-state index in [1.165, 1.54) is 5.56 Å². The van der Waals surface area contributed by atoms with Crippen molar-refractivity contribution in [1.82, 2.24) is 4.90 Å². The van der Waals surface area contributed by atoms with Crippen molar-refractivity contribution < 1.29 is 5.11 Å². The van der Waals surface area contributed by atoms with Crippen LogP contribution in [0.4, 0.5) is 0 Å². The lowest BCUT2D eigenvalue weighted by Gasteiger charge is -2.26. The molecule has 2 aromatic carbocycles. The van der Waals surface area contributed by atoms with Crippen LogP contribution in [0.1, 0.15) is 22.6 Å². The Morgan fingerprint density at radius 3 is 2.00 bits per heavy atom. The van der Waals surface area contributed by atoms with Gasteiger partial charge >= 0.3 is 0 Å². The largest absolute Gasteiger partial charge is 0.391 e. The van der Waals surface area contributed by atoms with Gasteiger partial charge in [-0.1, -0.05) is 60.2 Å². The summed E-state index contributed by atoms with van der Waals surface area (Å²) >= 11 is 0. The Hall–Kier alpha value is -1.64. The maximum absolute atomic E-state index is 10.6. The van der Waals surface area contributed by atoms with Gasteiger partial charge in [-0.3, -0.25) is 0 Å². The molecule has 2 aromatic rings. The molecular weight excluding hydrogens is 246 g/mol. The number of hydrogen-bond acceptors (Lipinski definition) is 2. The lowest BCUT2D eigenvalue weighted by Crippen LogP contribution is -2.31. The van der Waals surface area contributed by atoms with Crippen molar-refractivity contribution in [3.8, 4) is 0 Å². The molecule has 0 fully saturated rings. The van der Waals surface area contributed by atoms with Crippen molar-refractivity contribution in [2.24, 2.45) is 0 Å². The maximum atomic E-state index is 10.6. The molecule has 0 aliphatic carbocycles. The van der Waals surface area contributed by atoms with E-state index in [1.807, 2.05) is 37.2 Å². The van der Waals surface area contributed by atoms with Gasteiger partial charge in [-0.05, 0) is 32.1 Å². The lowest BCUT2D eigenvalue weighted by molar-refractivity contribution is 0.121. The molecule has 2 nitrogen and oxygen atoms in total. The molecule has 106 valence electrons. The molecule has 0 unspecified atom stereocenters. The second-order valence-corrected chi connectivity index (χ2v) is 5.63. The van der Waals surface area contributed by atoms with Gasteiger partial charge in [0.05, 0.1) is 6.10 Å². The number of aliphatic hydroxyl groups excluding tert-OH is 1. The molecule has 2 rings (SSSR count). The molecule has 0 aliphatic heterocycles. The topological polar surface area (TPSA) is 23.5 Å². The van der Waals surface area contributed by atoms with Gasteiger partial charge in [0.15, 0.2) is 0 Å². The average molecular weight is 269 g/mol. The quantitative estimate of drug-likeness (QED) is 0.902. The van der Waals surface area contributed by atoms with E-state index < -0.39 is 6.10 Å². The second kappa shape index (κ2) is 6.69. The summed E-state index contributed by atoms with van der Waals surface area (Å²) in [6.07, 6.45) is -0.421. The first-order chi connectivity index (χ1) is 9.58. The van der Waals surface area contributed by atoms with Crippen LogP contribution in [0.25, 0.3) is 0 Å². The number of nitrogens with zero attached hydrogens (tertiary/aromatic N) is 1. The molecule has 0 saturated carbocycles. The Balaban J connectivity index is 2.36. The second-order valence-electron chi connectivity index (χ2n) is 5.63. The highest BCUT2D eigenvalue weighted by Crippen LogP contribution is 2.28. The third kappa shape index (κ3) is 3.69. The normalized spacial score (nSPS) is 14.2. The molecule has 0 aliphatic rings. The highest BCUT2D eigenvalue weighted by atomic mass is 16.3. The summed E-state index contributed by atoms with van der Waals surface area (Å²) in [5.74, 6) is 0.0131. The van der Waals surface area contributed by atoms with E-state index in [-0.39, 0.29) is 5.92 Å². The minimum absolute atomic E-state index is 0.0131. The summed E-state index contributed by atoms with van der Waals surface area (Å²) in [4.78, 5) is 2.02. The molecule has 0 aromatic heterocycles. The third-order valence-electron chi connectivity index (χ3n) is 3.53. The van der Waals surface area contributed by atoms with Gasteiger partial charge in [0.1, 0.15) is 0 Å². The van der Waals surface area contributed by atoms with Crippen LogP contribution in [-0.2, 0) is 0 Å². The van der Waals surface area contributed by atoms with Crippen molar-refractivity contribution in [3.63, 3.8) is 0 Å². The van der Waals surface area contributed by atoms with E-state index in [9.17, 15) is 5.11 Å². The fourth-order valence-electron chi connectivity index (χ4n) is 2.55. The van der Waals surface area contributed by atoms with Gasteiger partial charge in [0.25, 0.3) is 0 Å². The van der Waals surface area contributed by atoms with Gasteiger partial charge in [0.2, 0.25) is 0 Å². The van der Waals surface area contributed by atoms with E-state index in [0.717, 1.165) is 11.1 Å². The number of rotatable bonds is 5. The van der Waals surface area contributed by atoms with Gasteiger partial charge in [-0.25, -0.2) is 0 Å². The smallest absolute Gasteiger partial charge is 0.0775 e. The van der Waals surface area contributed by atoms with Crippen molar-refractivity contribution in [2.75, 3.05) is 20.6 Å². The van der Waals surface area contributed by atoms with E-state index in [0.29, 0.717) is 6.54 Å². The minimum Gasteiger partial charge on any atom is -0.391 e. The van der Waals surface area contributed by atoms with Crippen LogP contribution in [0, 0.1) is 6.92 Å². The van der Waals surface area contributed by atoms with Gasteiger partial charge in [-0.2, -0.15) is 0 Å². The average Bonchev–Trinajstić information content (AvgIpc) is 2.42. The predicted octanol–water partition coefficient (Wildman–Crippen LogP) is 3.05. The van der Waals surface area contributed by atoms with E-state index >= 15 is 0 Å². The van der Waals surface area contributed by atoms with Crippen LogP contribution in [0.3, 0.4) is 0 Å². The zero-order valence-electron chi connectivity index (χ0n) is 12.5. The summed E-state index contributed by atoms with van der Waals surface area (Å²) in [6, 6.07) is 18.7. The molecule has 0 bridgehead atoms. The molecular formula is C18H23NO. The van der Waals surface area contributed by atoms with Gasteiger partial charge < -0.3 is 10.0 Å². The number of benzene rings is 2. The number of likely N-dealkylation sites (N-methyl/N-ethyl adjacent to an activating group) is 1. The standard InChI is InChI=1S/C18H23NO/c1-14-9-11-16(12-10-14)18(17(20)13-19(2)3)15-7-5-4-6-8-15/h4-12,17-18,20H,13H2,1-3H3/t17-,18-/m1/s1. The van der Waals surface area contributed by atoms with Gasteiger partial charge in [0, 0.05) is 12.5 Å². The zero-order valence-corrected chi connectivity index (χ0v) is 12.5. The molecule has 0 heterocycles. The summed E-state index contributed by atoms with van der Waals surface area (Å²) in [5, 5.41) is 10.6. The lowest BCUT2D eigenvalue weighted by atomic mass is 9.86. The monoisotopic (exact) mass is 269 g/mol. The van der Waals surface area contributed by atoms with Crippen molar-refractivity contribution in [3.05, 3.63) is 71.3 Å². The molecule has 20 heavy (non-hydrogen) atoms. The van der Waals surface area contributed by atoms with Crippen LogP contribution in [0.5, 0.6) is 0 Å². The SMILES string of the molecule is Cc1ccc([C@@H](c2ccccc2)[C@H](O)CN(C)C)cc1.